The molecule has 0 spiro atoms. The maximum atomic E-state index is 12.2. The van der Waals surface area contributed by atoms with Crippen LogP contribution in [0.1, 0.15) is 50.9 Å². The van der Waals surface area contributed by atoms with Gasteiger partial charge >= 0.3 is 6.09 Å². The fourth-order valence-corrected chi connectivity index (χ4v) is 2.34. The summed E-state index contributed by atoms with van der Waals surface area (Å²) in [6.07, 6.45) is 3.21. The van der Waals surface area contributed by atoms with Crippen LogP contribution in [0.15, 0.2) is 18.3 Å². The quantitative estimate of drug-likeness (QED) is 0.903. The molecule has 1 aromatic heterocycles. The predicted molar refractivity (Wildman–Crippen MR) is 75.1 cm³/mol. The highest BCUT2D eigenvalue weighted by molar-refractivity contribution is 5.69. The molecule has 1 amide bonds. The molecule has 1 aromatic rings. The molecule has 1 aliphatic rings. The Balaban J connectivity index is 2.12. The number of aliphatic hydroxyl groups is 1. The molecule has 2 heterocycles. The molecule has 1 saturated heterocycles. The molecule has 0 saturated carbocycles. The summed E-state index contributed by atoms with van der Waals surface area (Å²) in [5.74, 6) is 0. The molecular weight excluding hydrogens is 256 g/mol. The fraction of sp³-hybridized carbons (Fsp3) is 0.600. The molecule has 0 radical (unpaired) electrons. The van der Waals surface area contributed by atoms with Crippen molar-refractivity contribution < 1.29 is 14.6 Å². The highest BCUT2D eigenvalue weighted by Gasteiger charge is 2.33. The number of likely N-dealkylation sites (tertiary alicyclic amines) is 1. The van der Waals surface area contributed by atoms with Gasteiger partial charge in [0.25, 0.3) is 0 Å². The van der Waals surface area contributed by atoms with Crippen LogP contribution < -0.4 is 0 Å². The third kappa shape index (κ3) is 3.48. The summed E-state index contributed by atoms with van der Waals surface area (Å²) < 4.78 is 5.44. The van der Waals surface area contributed by atoms with Gasteiger partial charge in [0.15, 0.2) is 0 Å². The standard InChI is InChI=1S/C15H22N2O3/c1-15(2,3)20-14(19)17-8-4-5-13(17)12-7-6-11(10-18)9-16-12/h6-7,9,13,18H,4-5,8,10H2,1-3H3. The van der Waals surface area contributed by atoms with Gasteiger partial charge in [-0.05, 0) is 45.2 Å². The van der Waals surface area contributed by atoms with Gasteiger partial charge in [-0.25, -0.2) is 4.79 Å². The second kappa shape index (κ2) is 5.79. The number of carbonyl (C=O) groups is 1. The van der Waals surface area contributed by atoms with Gasteiger partial charge in [-0.2, -0.15) is 0 Å². The highest BCUT2D eigenvalue weighted by Crippen LogP contribution is 2.32. The number of nitrogens with zero attached hydrogens (tertiary/aromatic N) is 2. The van der Waals surface area contributed by atoms with Crippen molar-refractivity contribution in [3.63, 3.8) is 0 Å². The van der Waals surface area contributed by atoms with Gasteiger partial charge in [0.05, 0.1) is 18.3 Å². The van der Waals surface area contributed by atoms with E-state index in [1.54, 1.807) is 11.1 Å². The van der Waals surface area contributed by atoms with Gasteiger partial charge in [0.1, 0.15) is 5.60 Å². The third-order valence-corrected chi connectivity index (χ3v) is 3.25. The van der Waals surface area contributed by atoms with Gasteiger partial charge in [-0.15, -0.1) is 0 Å². The predicted octanol–water partition coefficient (Wildman–Crippen LogP) is 2.65. The second-order valence-corrected chi connectivity index (χ2v) is 6.08. The lowest BCUT2D eigenvalue weighted by Gasteiger charge is -2.28. The second-order valence-electron chi connectivity index (χ2n) is 6.08. The van der Waals surface area contributed by atoms with Crippen molar-refractivity contribution in [3.8, 4) is 0 Å². The summed E-state index contributed by atoms with van der Waals surface area (Å²) in [7, 11) is 0. The lowest BCUT2D eigenvalue weighted by atomic mass is 10.1. The summed E-state index contributed by atoms with van der Waals surface area (Å²) in [5.41, 5.74) is 1.14. The van der Waals surface area contributed by atoms with E-state index in [0.29, 0.717) is 6.54 Å². The molecular formula is C15H22N2O3. The summed E-state index contributed by atoms with van der Waals surface area (Å²) in [6, 6.07) is 3.69. The largest absolute Gasteiger partial charge is 0.444 e. The van der Waals surface area contributed by atoms with E-state index >= 15 is 0 Å². The molecule has 2 rings (SSSR count). The molecule has 110 valence electrons. The number of amides is 1. The monoisotopic (exact) mass is 278 g/mol. The van der Waals surface area contributed by atoms with Gasteiger partial charge in [0.2, 0.25) is 0 Å². The number of aromatic nitrogens is 1. The average Bonchev–Trinajstić information content (AvgIpc) is 2.86. The van der Waals surface area contributed by atoms with Crippen LogP contribution in [0.2, 0.25) is 0 Å². The van der Waals surface area contributed by atoms with Crippen LogP contribution in [0.5, 0.6) is 0 Å². The number of hydrogen-bond donors (Lipinski definition) is 1. The summed E-state index contributed by atoms with van der Waals surface area (Å²) in [5, 5.41) is 9.04. The summed E-state index contributed by atoms with van der Waals surface area (Å²) in [6.45, 7) is 6.27. The van der Waals surface area contributed by atoms with Crippen LogP contribution in [-0.2, 0) is 11.3 Å². The smallest absolute Gasteiger partial charge is 0.410 e. The fourth-order valence-electron chi connectivity index (χ4n) is 2.34. The first kappa shape index (κ1) is 14.8. The first-order valence-corrected chi connectivity index (χ1v) is 6.96. The Morgan fingerprint density at radius 2 is 2.25 bits per heavy atom. The number of rotatable bonds is 2. The van der Waals surface area contributed by atoms with E-state index in [9.17, 15) is 4.79 Å². The maximum Gasteiger partial charge on any atom is 0.410 e. The molecule has 1 unspecified atom stereocenters. The lowest BCUT2D eigenvalue weighted by molar-refractivity contribution is 0.0221. The van der Waals surface area contributed by atoms with E-state index in [1.165, 1.54) is 0 Å². The van der Waals surface area contributed by atoms with E-state index in [2.05, 4.69) is 4.98 Å². The molecule has 1 fully saturated rings. The third-order valence-electron chi connectivity index (χ3n) is 3.25. The zero-order valence-electron chi connectivity index (χ0n) is 12.3. The van der Waals surface area contributed by atoms with Crippen molar-refractivity contribution in [1.82, 2.24) is 9.88 Å². The van der Waals surface area contributed by atoms with Gasteiger partial charge in [-0.3, -0.25) is 9.88 Å². The molecule has 1 aliphatic heterocycles. The van der Waals surface area contributed by atoms with Crippen molar-refractivity contribution in [1.29, 1.82) is 0 Å². The van der Waals surface area contributed by atoms with Crippen LogP contribution in [0.25, 0.3) is 0 Å². The topological polar surface area (TPSA) is 62.7 Å². The molecule has 5 nitrogen and oxygen atoms in total. The Labute approximate surface area is 119 Å². The molecule has 0 aliphatic carbocycles. The Morgan fingerprint density at radius 1 is 1.50 bits per heavy atom. The molecule has 0 aromatic carbocycles. The van der Waals surface area contributed by atoms with Crippen molar-refractivity contribution in [2.24, 2.45) is 0 Å². The average molecular weight is 278 g/mol. The SMILES string of the molecule is CC(C)(C)OC(=O)N1CCCC1c1ccc(CO)cn1. The van der Waals surface area contributed by atoms with Crippen LogP contribution in [0.4, 0.5) is 4.79 Å². The normalized spacial score (nSPS) is 19.2. The van der Waals surface area contributed by atoms with Gasteiger partial charge < -0.3 is 9.84 Å². The van der Waals surface area contributed by atoms with Gasteiger partial charge in [0, 0.05) is 12.7 Å². The lowest BCUT2D eigenvalue weighted by Crippen LogP contribution is -2.36. The maximum absolute atomic E-state index is 12.2. The molecule has 0 bridgehead atoms. The molecule has 1 N–H and O–H groups in total. The summed E-state index contributed by atoms with van der Waals surface area (Å²) >= 11 is 0. The Morgan fingerprint density at radius 3 is 2.80 bits per heavy atom. The van der Waals surface area contributed by atoms with Crippen LogP contribution in [0, 0.1) is 0 Å². The Hall–Kier alpha value is -1.62. The van der Waals surface area contributed by atoms with Crippen molar-refractivity contribution in [2.75, 3.05) is 6.54 Å². The number of ether oxygens (including phenoxy) is 1. The molecule has 1 atom stereocenters. The minimum absolute atomic E-state index is 0.0201. The number of hydrogen-bond acceptors (Lipinski definition) is 4. The van der Waals surface area contributed by atoms with E-state index in [0.717, 1.165) is 24.1 Å². The summed E-state index contributed by atoms with van der Waals surface area (Å²) in [4.78, 5) is 18.3. The van der Waals surface area contributed by atoms with Crippen molar-refractivity contribution in [2.45, 2.75) is 51.9 Å². The minimum atomic E-state index is -0.488. The Bertz CT molecular complexity index is 465. The first-order valence-electron chi connectivity index (χ1n) is 6.96. The van der Waals surface area contributed by atoms with E-state index in [4.69, 9.17) is 9.84 Å². The number of aliphatic hydroxyl groups excluding tert-OH is 1. The zero-order valence-corrected chi connectivity index (χ0v) is 12.3. The highest BCUT2D eigenvalue weighted by atomic mass is 16.6. The van der Waals surface area contributed by atoms with Crippen molar-refractivity contribution >= 4 is 6.09 Å². The minimum Gasteiger partial charge on any atom is -0.444 e. The zero-order chi connectivity index (χ0) is 14.8. The molecule has 5 heteroatoms. The first-order chi connectivity index (χ1) is 9.40. The van der Waals surface area contributed by atoms with Crippen LogP contribution in [0.3, 0.4) is 0 Å². The number of carbonyl (C=O) groups excluding carboxylic acids is 1. The van der Waals surface area contributed by atoms with E-state index < -0.39 is 5.60 Å². The van der Waals surface area contributed by atoms with E-state index in [1.807, 2.05) is 32.9 Å². The van der Waals surface area contributed by atoms with Gasteiger partial charge in [-0.1, -0.05) is 6.07 Å². The van der Waals surface area contributed by atoms with Crippen molar-refractivity contribution in [3.05, 3.63) is 29.6 Å². The van der Waals surface area contributed by atoms with Crippen LogP contribution in [-0.4, -0.2) is 33.2 Å². The number of pyridine rings is 1. The Kier molecular flexibility index (Phi) is 4.28. The molecule has 20 heavy (non-hydrogen) atoms. The van der Waals surface area contributed by atoms with Crippen LogP contribution >= 0.6 is 0 Å². The van der Waals surface area contributed by atoms with E-state index in [-0.39, 0.29) is 18.7 Å².